The summed E-state index contributed by atoms with van der Waals surface area (Å²) in [6.07, 6.45) is 4.72. The van der Waals surface area contributed by atoms with Crippen LogP contribution in [0.1, 0.15) is 36.4 Å². The molecule has 1 amide bonds. The second-order valence-corrected chi connectivity index (χ2v) is 6.08. The molecule has 4 nitrogen and oxygen atoms in total. The Bertz CT molecular complexity index is 414. The van der Waals surface area contributed by atoms with Gasteiger partial charge in [-0.3, -0.25) is 4.79 Å². The van der Waals surface area contributed by atoms with Crippen LogP contribution >= 0.6 is 36.2 Å². The van der Waals surface area contributed by atoms with Crippen LogP contribution in [-0.2, 0) is 11.2 Å². The maximum absolute atomic E-state index is 11.8. The summed E-state index contributed by atoms with van der Waals surface area (Å²) in [5, 5.41) is 6.09. The van der Waals surface area contributed by atoms with Crippen LogP contribution in [0.15, 0.2) is 5.38 Å². The van der Waals surface area contributed by atoms with Gasteiger partial charge in [-0.05, 0) is 25.7 Å². The Morgan fingerprint density at radius 1 is 1.50 bits per heavy atom. The van der Waals surface area contributed by atoms with Gasteiger partial charge in [0.15, 0.2) is 0 Å². The lowest BCUT2D eigenvalue weighted by Gasteiger charge is -2.14. The van der Waals surface area contributed by atoms with Crippen LogP contribution in [0.2, 0.25) is 0 Å². The number of nitrogens with one attached hydrogen (secondary N) is 1. The van der Waals surface area contributed by atoms with Crippen LogP contribution < -0.4 is 11.1 Å². The Hall–Kier alpha value is -0.360. The number of aryl methyl sites for hydroxylation is 1. The zero-order valence-corrected chi connectivity index (χ0v) is 14.1. The Kier molecular flexibility index (Phi) is 9.38. The highest BCUT2D eigenvalue weighted by atomic mass is 35.5. The lowest BCUT2D eigenvalue weighted by molar-refractivity contribution is -0.122. The third-order valence-electron chi connectivity index (χ3n) is 3.54. The quantitative estimate of drug-likeness (QED) is 0.865. The van der Waals surface area contributed by atoms with E-state index in [0.29, 0.717) is 18.9 Å². The summed E-state index contributed by atoms with van der Waals surface area (Å²) in [5.74, 6) is 0.510. The van der Waals surface area contributed by atoms with Crippen molar-refractivity contribution in [1.29, 1.82) is 0 Å². The first kappa shape index (κ1) is 19.6. The standard InChI is InChI=1S/C13H21N3OS.2ClH/c1-9-16-11(8-18-9)5-6-15-13(17)7-10-3-2-4-12(10)14;;/h8,10,12H,2-7,14H2,1H3,(H,15,17);2*1H/t10-,12+;;/m0../s1. The Balaban J connectivity index is 0.00000180. The number of rotatable bonds is 5. The predicted octanol–water partition coefficient (Wildman–Crippen LogP) is 2.47. The normalized spacial score (nSPS) is 20.9. The van der Waals surface area contributed by atoms with E-state index in [-0.39, 0.29) is 36.8 Å². The highest BCUT2D eigenvalue weighted by Crippen LogP contribution is 2.26. The number of nitrogens with two attached hydrogens (primary N) is 1. The third-order valence-corrected chi connectivity index (χ3v) is 4.36. The average Bonchev–Trinajstić information content (AvgIpc) is 2.89. The van der Waals surface area contributed by atoms with Crippen LogP contribution in [0, 0.1) is 12.8 Å². The number of carbonyl (C=O) groups is 1. The SMILES string of the molecule is Cc1nc(CCNC(=O)C[C@@H]2CCC[C@H]2N)cs1.Cl.Cl. The molecule has 0 bridgehead atoms. The van der Waals surface area contributed by atoms with Gasteiger partial charge in [0.05, 0.1) is 10.7 Å². The summed E-state index contributed by atoms with van der Waals surface area (Å²) < 4.78 is 0. The van der Waals surface area contributed by atoms with E-state index >= 15 is 0 Å². The monoisotopic (exact) mass is 339 g/mol. The zero-order valence-electron chi connectivity index (χ0n) is 11.6. The molecule has 0 unspecified atom stereocenters. The second-order valence-electron chi connectivity index (χ2n) is 5.02. The molecule has 1 fully saturated rings. The van der Waals surface area contributed by atoms with E-state index in [1.807, 2.05) is 12.3 Å². The van der Waals surface area contributed by atoms with Gasteiger partial charge >= 0.3 is 0 Å². The van der Waals surface area contributed by atoms with E-state index in [1.54, 1.807) is 11.3 Å². The number of carbonyl (C=O) groups excluding carboxylic acids is 1. The summed E-state index contributed by atoms with van der Waals surface area (Å²) in [5.41, 5.74) is 7.03. The van der Waals surface area contributed by atoms with E-state index < -0.39 is 0 Å². The van der Waals surface area contributed by atoms with E-state index in [4.69, 9.17) is 5.73 Å². The Morgan fingerprint density at radius 3 is 2.80 bits per heavy atom. The van der Waals surface area contributed by atoms with Crippen LogP contribution in [0.4, 0.5) is 0 Å². The fourth-order valence-corrected chi connectivity index (χ4v) is 3.13. The van der Waals surface area contributed by atoms with Gasteiger partial charge in [-0.1, -0.05) is 6.42 Å². The lowest BCUT2D eigenvalue weighted by atomic mass is 10.00. The van der Waals surface area contributed by atoms with Crippen molar-refractivity contribution in [1.82, 2.24) is 10.3 Å². The molecule has 116 valence electrons. The van der Waals surface area contributed by atoms with Gasteiger partial charge in [-0.25, -0.2) is 4.98 Å². The van der Waals surface area contributed by atoms with Crippen molar-refractivity contribution in [3.63, 3.8) is 0 Å². The van der Waals surface area contributed by atoms with E-state index in [1.165, 1.54) is 0 Å². The summed E-state index contributed by atoms with van der Waals surface area (Å²) in [4.78, 5) is 16.1. The molecule has 7 heteroatoms. The number of halogens is 2. The fourth-order valence-electron chi connectivity index (χ4n) is 2.48. The van der Waals surface area contributed by atoms with Crippen molar-refractivity contribution in [2.75, 3.05) is 6.54 Å². The summed E-state index contributed by atoms with van der Waals surface area (Å²) in [7, 11) is 0. The molecule has 2 atom stereocenters. The minimum absolute atomic E-state index is 0. The number of amides is 1. The minimum Gasteiger partial charge on any atom is -0.356 e. The van der Waals surface area contributed by atoms with Gasteiger partial charge in [-0.15, -0.1) is 36.2 Å². The molecule has 0 aliphatic heterocycles. The maximum Gasteiger partial charge on any atom is 0.220 e. The zero-order chi connectivity index (χ0) is 13.0. The van der Waals surface area contributed by atoms with Gasteiger partial charge in [0.2, 0.25) is 5.91 Å². The molecule has 3 N–H and O–H groups in total. The smallest absolute Gasteiger partial charge is 0.220 e. The average molecular weight is 340 g/mol. The predicted molar refractivity (Wildman–Crippen MR) is 88.0 cm³/mol. The molecule has 1 aliphatic rings. The van der Waals surface area contributed by atoms with Gasteiger partial charge in [0.25, 0.3) is 0 Å². The summed E-state index contributed by atoms with van der Waals surface area (Å²) >= 11 is 1.65. The van der Waals surface area contributed by atoms with Crippen molar-refractivity contribution >= 4 is 42.1 Å². The molecule has 1 aliphatic carbocycles. The molecule has 1 heterocycles. The van der Waals surface area contributed by atoms with Crippen molar-refractivity contribution < 1.29 is 4.79 Å². The fraction of sp³-hybridized carbons (Fsp3) is 0.692. The molecule has 1 aromatic rings. The molecule has 1 aromatic heterocycles. The lowest BCUT2D eigenvalue weighted by Crippen LogP contribution is -2.32. The Morgan fingerprint density at radius 2 is 2.25 bits per heavy atom. The third kappa shape index (κ3) is 5.95. The van der Waals surface area contributed by atoms with Crippen LogP contribution in [0.25, 0.3) is 0 Å². The van der Waals surface area contributed by atoms with Crippen LogP contribution in [0.5, 0.6) is 0 Å². The van der Waals surface area contributed by atoms with Gasteiger partial charge in [0.1, 0.15) is 0 Å². The minimum atomic E-state index is 0. The van der Waals surface area contributed by atoms with Gasteiger partial charge < -0.3 is 11.1 Å². The van der Waals surface area contributed by atoms with Crippen molar-refractivity contribution in [3.8, 4) is 0 Å². The molecular weight excluding hydrogens is 317 g/mol. The topological polar surface area (TPSA) is 68.0 Å². The van der Waals surface area contributed by atoms with E-state index in [0.717, 1.165) is 36.4 Å². The molecule has 0 spiro atoms. The van der Waals surface area contributed by atoms with Crippen LogP contribution in [-0.4, -0.2) is 23.5 Å². The van der Waals surface area contributed by atoms with Gasteiger partial charge in [-0.2, -0.15) is 0 Å². The second kappa shape index (κ2) is 9.55. The molecule has 2 rings (SSSR count). The largest absolute Gasteiger partial charge is 0.356 e. The number of nitrogens with zero attached hydrogens (tertiary/aromatic N) is 1. The van der Waals surface area contributed by atoms with Gasteiger partial charge in [0, 0.05) is 30.8 Å². The Labute approximate surface area is 136 Å². The number of hydrogen-bond acceptors (Lipinski definition) is 4. The molecule has 1 saturated carbocycles. The first-order chi connectivity index (χ1) is 8.65. The van der Waals surface area contributed by atoms with Crippen LogP contribution in [0.3, 0.4) is 0 Å². The highest BCUT2D eigenvalue weighted by molar-refractivity contribution is 7.09. The van der Waals surface area contributed by atoms with Crippen molar-refractivity contribution in [2.24, 2.45) is 11.7 Å². The highest BCUT2D eigenvalue weighted by Gasteiger charge is 2.25. The molecule has 0 aromatic carbocycles. The maximum atomic E-state index is 11.8. The first-order valence-electron chi connectivity index (χ1n) is 6.58. The number of thiazole rings is 1. The summed E-state index contributed by atoms with van der Waals surface area (Å²) in [6.45, 7) is 2.66. The molecule has 0 radical (unpaired) electrons. The number of aromatic nitrogens is 1. The summed E-state index contributed by atoms with van der Waals surface area (Å²) in [6, 6.07) is 0.219. The van der Waals surface area contributed by atoms with Crippen molar-refractivity contribution in [2.45, 2.75) is 45.1 Å². The molecule has 20 heavy (non-hydrogen) atoms. The molecule has 0 saturated heterocycles. The first-order valence-corrected chi connectivity index (χ1v) is 7.46. The molecular formula is C13H23Cl2N3OS. The number of hydrogen-bond donors (Lipinski definition) is 2. The van der Waals surface area contributed by atoms with E-state index in [2.05, 4.69) is 10.3 Å². The van der Waals surface area contributed by atoms with Crippen molar-refractivity contribution in [3.05, 3.63) is 16.1 Å². The van der Waals surface area contributed by atoms with E-state index in [9.17, 15) is 4.79 Å².